The maximum Gasteiger partial charge on any atom is 0.123 e. The van der Waals surface area contributed by atoms with Gasteiger partial charge in [0, 0.05) is 27.3 Å². The minimum absolute atomic E-state index is 0.191. The highest BCUT2D eigenvalue weighted by Gasteiger charge is 2.07. The van der Waals surface area contributed by atoms with Crippen LogP contribution in [0.1, 0.15) is 23.4 Å². The molecule has 1 atom stereocenters. The molecule has 90 valence electrons. The van der Waals surface area contributed by atoms with E-state index in [2.05, 4.69) is 39.6 Å². The average Bonchev–Trinajstić information content (AvgIpc) is 2.75. The molecule has 1 aromatic carbocycles. The number of hydrogen-bond donors (Lipinski definition) is 1. The Bertz CT molecular complexity index is 480. The van der Waals surface area contributed by atoms with Crippen LogP contribution in [0.4, 0.5) is 4.39 Å². The topological polar surface area (TPSA) is 12.0 Å². The van der Waals surface area contributed by atoms with Crippen molar-refractivity contribution in [3.63, 3.8) is 0 Å². The highest BCUT2D eigenvalue weighted by molar-refractivity contribution is 9.10. The van der Waals surface area contributed by atoms with E-state index >= 15 is 0 Å². The van der Waals surface area contributed by atoms with Gasteiger partial charge in [-0.1, -0.05) is 12.1 Å². The lowest BCUT2D eigenvalue weighted by Gasteiger charge is -2.11. The van der Waals surface area contributed by atoms with Crippen LogP contribution in [0.2, 0.25) is 0 Å². The Morgan fingerprint density at radius 1 is 1.35 bits per heavy atom. The summed E-state index contributed by atoms with van der Waals surface area (Å²) in [4.78, 5) is 1.29. The van der Waals surface area contributed by atoms with Crippen molar-refractivity contribution in [3.05, 3.63) is 56.4 Å². The molecule has 1 N–H and O–H groups in total. The quantitative estimate of drug-likeness (QED) is 0.876. The zero-order valence-corrected chi connectivity index (χ0v) is 11.8. The summed E-state index contributed by atoms with van der Waals surface area (Å²) < 4.78 is 13.8. The Balaban J connectivity index is 1.92. The minimum atomic E-state index is -0.191. The first-order chi connectivity index (χ1) is 8.15. The molecule has 0 aliphatic rings. The fourth-order valence-corrected chi connectivity index (χ4v) is 3.01. The van der Waals surface area contributed by atoms with E-state index in [1.807, 2.05) is 0 Å². The number of hydrogen-bond acceptors (Lipinski definition) is 2. The number of nitrogens with one attached hydrogen (secondary N) is 1. The van der Waals surface area contributed by atoms with E-state index in [4.69, 9.17) is 0 Å². The molecule has 0 radical (unpaired) electrons. The van der Waals surface area contributed by atoms with Crippen LogP contribution in [0.3, 0.4) is 0 Å². The summed E-state index contributed by atoms with van der Waals surface area (Å²) in [5.41, 5.74) is 1.09. The number of rotatable bonds is 4. The fourth-order valence-electron chi connectivity index (χ4n) is 1.53. The Morgan fingerprint density at radius 3 is 2.65 bits per heavy atom. The first-order valence-electron chi connectivity index (χ1n) is 5.37. The summed E-state index contributed by atoms with van der Waals surface area (Å²) >= 11 is 5.17. The molecule has 1 heterocycles. The summed E-state index contributed by atoms with van der Waals surface area (Å²) in [5.74, 6) is -0.191. The molecule has 0 bridgehead atoms. The molecule has 1 unspecified atom stereocenters. The van der Waals surface area contributed by atoms with Crippen LogP contribution in [0.25, 0.3) is 0 Å². The largest absolute Gasteiger partial charge is 0.305 e. The standard InChI is InChI=1S/C13H13BrFNS/c1-9(13-6-11(14)8-17-13)16-7-10-2-4-12(15)5-3-10/h2-6,8-9,16H,7H2,1H3. The molecule has 0 fully saturated rings. The van der Waals surface area contributed by atoms with Crippen molar-refractivity contribution in [3.8, 4) is 0 Å². The predicted octanol–water partition coefficient (Wildman–Crippen LogP) is 4.50. The second-order valence-corrected chi connectivity index (χ2v) is 5.75. The van der Waals surface area contributed by atoms with Gasteiger partial charge in [0.1, 0.15) is 5.82 Å². The highest BCUT2D eigenvalue weighted by atomic mass is 79.9. The minimum Gasteiger partial charge on any atom is -0.305 e. The third-order valence-corrected chi connectivity index (χ3v) is 4.42. The van der Waals surface area contributed by atoms with Gasteiger partial charge in [0.25, 0.3) is 0 Å². The third-order valence-electron chi connectivity index (χ3n) is 2.54. The SMILES string of the molecule is CC(NCc1ccc(F)cc1)c1cc(Br)cs1. The molecule has 0 spiro atoms. The van der Waals surface area contributed by atoms with Gasteiger partial charge in [0.05, 0.1) is 0 Å². The van der Waals surface area contributed by atoms with Gasteiger partial charge in [-0.3, -0.25) is 0 Å². The Morgan fingerprint density at radius 2 is 2.06 bits per heavy atom. The zero-order chi connectivity index (χ0) is 12.3. The van der Waals surface area contributed by atoms with Gasteiger partial charge >= 0.3 is 0 Å². The molecular weight excluding hydrogens is 301 g/mol. The number of halogens is 2. The molecular formula is C13H13BrFNS. The van der Waals surface area contributed by atoms with Crippen LogP contribution in [-0.2, 0) is 6.54 Å². The van der Waals surface area contributed by atoms with Crippen molar-refractivity contribution in [2.45, 2.75) is 19.5 Å². The van der Waals surface area contributed by atoms with Gasteiger partial charge in [0.15, 0.2) is 0 Å². The summed E-state index contributed by atoms with van der Waals surface area (Å²) in [5, 5.41) is 5.49. The van der Waals surface area contributed by atoms with Crippen LogP contribution in [0.15, 0.2) is 40.2 Å². The van der Waals surface area contributed by atoms with Gasteiger partial charge < -0.3 is 5.32 Å². The summed E-state index contributed by atoms with van der Waals surface area (Å²) in [6, 6.07) is 9.01. The molecule has 0 saturated carbocycles. The Labute approximate surface area is 113 Å². The van der Waals surface area contributed by atoms with Crippen LogP contribution in [0, 0.1) is 5.82 Å². The lowest BCUT2D eigenvalue weighted by atomic mass is 10.2. The van der Waals surface area contributed by atoms with Crippen molar-refractivity contribution < 1.29 is 4.39 Å². The molecule has 2 rings (SSSR count). The van der Waals surface area contributed by atoms with E-state index < -0.39 is 0 Å². The van der Waals surface area contributed by atoms with E-state index in [0.717, 1.165) is 16.6 Å². The molecule has 0 saturated heterocycles. The predicted molar refractivity (Wildman–Crippen MR) is 73.7 cm³/mol. The van der Waals surface area contributed by atoms with Crippen molar-refractivity contribution in [2.24, 2.45) is 0 Å². The molecule has 2 aromatic rings. The van der Waals surface area contributed by atoms with E-state index in [9.17, 15) is 4.39 Å². The normalized spacial score (nSPS) is 12.6. The van der Waals surface area contributed by atoms with Crippen molar-refractivity contribution in [1.29, 1.82) is 0 Å². The second kappa shape index (κ2) is 5.76. The third kappa shape index (κ3) is 3.63. The Hall–Kier alpha value is -0.710. The van der Waals surface area contributed by atoms with E-state index in [0.29, 0.717) is 6.04 Å². The van der Waals surface area contributed by atoms with E-state index in [1.165, 1.54) is 17.0 Å². The molecule has 0 amide bonds. The lowest BCUT2D eigenvalue weighted by Crippen LogP contribution is -2.17. The summed E-state index contributed by atoms with van der Waals surface area (Å²) in [7, 11) is 0. The first-order valence-corrected chi connectivity index (χ1v) is 7.04. The van der Waals surface area contributed by atoms with Crippen molar-refractivity contribution >= 4 is 27.3 Å². The second-order valence-electron chi connectivity index (χ2n) is 3.90. The van der Waals surface area contributed by atoms with Gasteiger partial charge in [-0.15, -0.1) is 11.3 Å². The van der Waals surface area contributed by atoms with Crippen LogP contribution >= 0.6 is 27.3 Å². The monoisotopic (exact) mass is 313 g/mol. The fraction of sp³-hybridized carbons (Fsp3) is 0.231. The highest BCUT2D eigenvalue weighted by Crippen LogP contribution is 2.25. The zero-order valence-electron chi connectivity index (χ0n) is 9.41. The maximum absolute atomic E-state index is 12.7. The van der Waals surface area contributed by atoms with Crippen molar-refractivity contribution in [1.82, 2.24) is 5.32 Å². The van der Waals surface area contributed by atoms with Gasteiger partial charge in [0.2, 0.25) is 0 Å². The molecule has 0 aliphatic heterocycles. The van der Waals surface area contributed by atoms with Gasteiger partial charge in [-0.05, 0) is 46.6 Å². The lowest BCUT2D eigenvalue weighted by molar-refractivity contribution is 0.580. The Kier molecular flexibility index (Phi) is 4.31. The summed E-state index contributed by atoms with van der Waals surface area (Å²) in [6.45, 7) is 2.87. The molecule has 1 nitrogen and oxygen atoms in total. The van der Waals surface area contributed by atoms with E-state index in [1.54, 1.807) is 23.5 Å². The van der Waals surface area contributed by atoms with Gasteiger partial charge in [-0.25, -0.2) is 4.39 Å². The number of benzene rings is 1. The van der Waals surface area contributed by atoms with Crippen LogP contribution in [-0.4, -0.2) is 0 Å². The number of thiophene rings is 1. The van der Waals surface area contributed by atoms with Crippen molar-refractivity contribution in [2.75, 3.05) is 0 Å². The average molecular weight is 314 g/mol. The molecule has 17 heavy (non-hydrogen) atoms. The smallest absolute Gasteiger partial charge is 0.123 e. The maximum atomic E-state index is 12.7. The molecule has 1 aromatic heterocycles. The van der Waals surface area contributed by atoms with E-state index in [-0.39, 0.29) is 5.82 Å². The first kappa shape index (κ1) is 12.7. The summed E-state index contributed by atoms with van der Waals surface area (Å²) in [6.07, 6.45) is 0. The van der Waals surface area contributed by atoms with Crippen LogP contribution < -0.4 is 5.32 Å². The van der Waals surface area contributed by atoms with Crippen LogP contribution in [0.5, 0.6) is 0 Å². The molecule has 4 heteroatoms. The molecule has 0 aliphatic carbocycles. The van der Waals surface area contributed by atoms with Gasteiger partial charge in [-0.2, -0.15) is 0 Å².